The predicted molar refractivity (Wildman–Crippen MR) is 91.8 cm³/mol. The fourth-order valence-electron chi connectivity index (χ4n) is 3.13. The average Bonchev–Trinajstić information content (AvgIpc) is 3.06. The van der Waals surface area contributed by atoms with E-state index in [1.54, 1.807) is 28.0 Å². The molecule has 0 aliphatic carbocycles. The zero-order valence-electron chi connectivity index (χ0n) is 14.7. The number of hydrogen-bond acceptors (Lipinski definition) is 7. The van der Waals surface area contributed by atoms with Crippen molar-refractivity contribution in [3.8, 4) is 5.88 Å². The number of carbonyl (C=O) groups is 1. The van der Waals surface area contributed by atoms with Crippen molar-refractivity contribution in [3.63, 3.8) is 0 Å². The Bertz CT molecular complexity index is 941. The first-order valence-electron chi connectivity index (χ1n) is 8.53. The summed E-state index contributed by atoms with van der Waals surface area (Å²) >= 11 is 0. The largest absolute Gasteiger partial charge is 0.471 e. The molecular weight excluding hydrogens is 334 g/mol. The molecule has 0 spiro atoms. The van der Waals surface area contributed by atoms with Gasteiger partial charge in [-0.1, -0.05) is 0 Å². The van der Waals surface area contributed by atoms with Crippen molar-refractivity contribution < 1.29 is 9.53 Å². The van der Waals surface area contributed by atoms with Gasteiger partial charge < -0.3 is 9.64 Å². The van der Waals surface area contributed by atoms with Crippen LogP contribution >= 0.6 is 0 Å². The maximum absolute atomic E-state index is 12.8. The van der Waals surface area contributed by atoms with E-state index in [4.69, 9.17) is 4.74 Å². The second-order valence-electron chi connectivity index (χ2n) is 6.36. The molecule has 1 amide bonds. The summed E-state index contributed by atoms with van der Waals surface area (Å²) in [5, 5.41) is 4.33. The van der Waals surface area contributed by atoms with Crippen molar-refractivity contribution in [2.75, 3.05) is 13.1 Å². The van der Waals surface area contributed by atoms with Crippen LogP contribution in [0.15, 0.2) is 24.7 Å². The van der Waals surface area contributed by atoms with Gasteiger partial charge >= 0.3 is 0 Å². The molecule has 0 aromatic carbocycles. The first kappa shape index (κ1) is 16.4. The molecule has 1 saturated heterocycles. The van der Waals surface area contributed by atoms with Gasteiger partial charge in [-0.05, 0) is 32.8 Å². The van der Waals surface area contributed by atoms with Gasteiger partial charge in [-0.2, -0.15) is 4.98 Å². The van der Waals surface area contributed by atoms with E-state index in [1.165, 1.54) is 0 Å². The SMILES string of the molecule is Cc1cc(C)n2nc(C(=O)N3CCC[C@@H](Oc4cnccn4)C3)nc2n1. The topological polar surface area (TPSA) is 98.4 Å². The highest BCUT2D eigenvalue weighted by atomic mass is 16.5. The number of rotatable bonds is 3. The number of nitrogens with zero attached hydrogens (tertiary/aromatic N) is 7. The quantitative estimate of drug-likeness (QED) is 0.698. The number of carbonyl (C=O) groups excluding carboxylic acids is 1. The smallest absolute Gasteiger partial charge is 0.293 e. The minimum absolute atomic E-state index is 0.122. The maximum Gasteiger partial charge on any atom is 0.293 e. The summed E-state index contributed by atoms with van der Waals surface area (Å²) in [6, 6.07) is 1.90. The lowest BCUT2D eigenvalue weighted by Crippen LogP contribution is -2.44. The molecule has 26 heavy (non-hydrogen) atoms. The lowest BCUT2D eigenvalue weighted by molar-refractivity contribution is 0.0516. The second kappa shape index (κ2) is 6.66. The molecule has 0 N–H and O–H groups in total. The molecule has 1 fully saturated rings. The molecule has 0 radical (unpaired) electrons. The van der Waals surface area contributed by atoms with Crippen LogP contribution in [0.25, 0.3) is 5.78 Å². The predicted octanol–water partition coefficient (Wildman–Crippen LogP) is 1.21. The summed E-state index contributed by atoms with van der Waals surface area (Å²) in [7, 11) is 0. The number of piperidine rings is 1. The fourth-order valence-corrected chi connectivity index (χ4v) is 3.13. The van der Waals surface area contributed by atoms with Gasteiger partial charge in [-0.3, -0.25) is 9.78 Å². The summed E-state index contributed by atoms with van der Waals surface area (Å²) in [5.41, 5.74) is 1.73. The Morgan fingerprint density at radius 2 is 2.15 bits per heavy atom. The minimum atomic E-state index is -0.208. The third-order valence-electron chi connectivity index (χ3n) is 4.30. The summed E-state index contributed by atoms with van der Waals surface area (Å²) in [5.74, 6) is 0.856. The molecule has 1 aliphatic rings. The van der Waals surface area contributed by atoms with Crippen LogP contribution in [0.1, 0.15) is 34.8 Å². The number of ether oxygens (including phenoxy) is 1. The Labute approximate surface area is 150 Å². The van der Waals surface area contributed by atoms with Crippen molar-refractivity contribution in [1.82, 2.24) is 34.4 Å². The van der Waals surface area contributed by atoms with Gasteiger partial charge in [0.15, 0.2) is 0 Å². The van der Waals surface area contributed by atoms with Crippen molar-refractivity contribution >= 4 is 11.7 Å². The highest BCUT2D eigenvalue weighted by Crippen LogP contribution is 2.17. The molecule has 1 atom stereocenters. The summed E-state index contributed by atoms with van der Waals surface area (Å²) in [6.45, 7) is 4.93. The first-order valence-corrected chi connectivity index (χ1v) is 8.53. The van der Waals surface area contributed by atoms with Gasteiger partial charge in [0.25, 0.3) is 11.7 Å². The number of amides is 1. The van der Waals surface area contributed by atoms with E-state index in [9.17, 15) is 4.79 Å². The Morgan fingerprint density at radius 1 is 1.27 bits per heavy atom. The Morgan fingerprint density at radius 3 is 2.96 bits per heavy atom. The molecule has 9 nitrogen and oxygen atoms in total. The van der Waals surface area contributed by atoms with Gasteiger partial charge in [0.05, 0.1) is 12.7 Å². The first-order chi connectivity index (χ1) is 12.6. The average molecular weight is 353 g/mol. The molecule has 0 saturated carbocycles. The van der Waals surface area contributed by atoms with Crippen LogP contribution in [0.3, 0.4) is 0 Å². The standard InChI is InChI=1S/C17H19N7O2/c1-11-8-12(2)24-17(20-11)21-15(22-24)16(25)23-7-3-4-13(10-23)26-14-9-18-5-6-19-14/h5-6,8-9,13H,3-4,7,10H2,1-2H3/t13-/m1/s1. The third-order valence-corrected chi connectivity index (χ3v) is 4.30. The van der Waals surface area contributed by atoms with E-state index in [0.717, 1.165) is 24.2 Å². The van der Waals surface area contributed by atoms with E-state index in [-0.39, 0.29) is 17.8 Å². The lowest BCUT2D eigenvalue weighted by atomic mass is 10.1. The summed E-state index contributed by atoms with van der Waals surface area (Å²) in [6.07, 6.45) is 6.33. The summed E-state index contributed by atoms with van der Waals surface area (Å²) in [4.78, 5) is 31.3. The maximum atomic E-state index is 12.8. The number of aromatic nitrogens is 6. The van der Waals surface area contributed by atoms with Gasteiger partial charge in [-0.25, -0.2) is 14.5 Å². The zero-order valence-corrected chi connectivity index (χ0v) is 14.7. The molecule has 0 unspecified atom stereocenters. The molecule has 3 aromatic heterocycles. The molecule has 134 valence electrons. The van der Waals surface area contributed by atoms with Crippen LogP contribution in [-0.2, 0) is 0 Å². The van der Waals surface area contributed by atoms with E-state index in [2.05, 4.69) is 25.0 Å². The monoisotopic (exact) mass is 353 g/mol. The highest BCUT2D eigenvalue weighted by Gasteiger charge is 2.28. The molecule has 1 aliphatic heterocycles. The Hall–Kier alpha value is -3.10. The van der Waals surface area contributed by atoms with Crippen LogP contribution < -0.4 is 4.74 Å². The molecule has 9 heteroatoms. The van der Waals surface area contributed by atoms with Crippen molar-refractivity contribution in [2.45, 2.75) is 32.8 Å². The number of likely N-dealkylation sites (tertiary alicyclic amines) is 1. The summed E-state index contributed by atoms with van der Waals surface area (Å²) < 4.78 is 7.43. The fraction of sp³-hybridized carbons (Fsp3) is 0.412. The van der Waals surface area contributed by atoms with Crippen molar-refractivity contribution in [1.29, 1.82) is 0 Å². The molecule has 4 heterocycles. The van der Waals surface area contributed by atoms with E-state index in [1.807, 2.05) is 19.9 Å². The van der Waals surface area contributed by atoms with Crippen molar-refractivity contribution in [3.05, 3.63) is 41.9 Å². The van der Waals surface area contributed by atoms with E-state index < -0.39 is 0 Å². The third kappa shape index (κ3) is 3.19. The van der Waals surface area contributed by atoms with Gasteiger partial charge in [-0.15, -0.1) is 5.10 Å². The van der Waals surface area contributed by atoms with Gasteiger partial charge in [0.1, 0.15) is 6.10 Å². The molecule has 3 aromatic rings. The molecule has 0 bridgehead atoms. The zero-order chi connectivity index (χ0) is 18.1. The number of fused-ring (bicyclic) bond motifs is 1. The van der Waals surface area contributed by atoms with Crippen LogP contribution in [0.2, 0.25) is 0 Å². The second-order valence-corrected chi connectivity index (χ2v) is 6.36. The van der Waals surface area contributed by atoms with Gasteiger partial charge in [0, 0.05) is 30.3 Å². The van der Waals surface area contributed by atoms with Crippen LogP contribution in [0.4, 0.5) is 0 Å². The van der Waals surface area contributed by atoms with E-state index in [0.29, 0.717) is 24.7 Å². The molecule has 4 rings (SSSR count). The number of aryl methyl sites for hydroxylation is 2. The molecular formula is C17H19N7O2. The van der Waals surface area contributed by atoms with Gasteiger partial charge in [0.2, 0.25) is 11.7 Å². The lowest BCUT2D eigenvalue weighted by Gasteiger charge is -2.31. The number of hydrogen-bond donors (Lipinski definition) is 0. The van der Waals surface area contributed by atoms with Crippen LogP contribution in [0.5, 0.6) is 5.88 Å². The van der Waals surface area contributed by atoms with Crippen molar-refractivity contribution in [2.24, 2.45) is 0 Å². The minimum Gasteiger partial charge on any atom is -0.471 e. The Balaban J connectivity index is 1.51. The van der Waals surface area contributed by atoms with Crippen LogP contribution in [0, 0.1) is 13.8 Å². The van der Waals surface area contributed by atoms with Crippen LogP contribution in [-0.4, -0.2) is 59.6 Å². The highest BCUT2D eigenvalue weighted by molar-refractivity contribution is 5.91. The normalized spacial score (nSPS) is 17.5. The Kier molecular flexibility index (Phi) is 4.19. The van der Waals surface area contributed by atoms with E-state index >= 15 is 0 Å².